The first-order valence-electron chi connectivity index (χ1n) is 6.60. The maximum Gasteiger partial charge on any atom is 0.0626 e. The van der Waals surface area contributed by atoms with E-state index in [1.165, 1.54) is 0 Å². The van der Waals surface area contributed by atoms with Gasteiger partial charge in [0.05, 0.1) is 12.7 Å². The average Bonchev–Trinajstić information content (AvgIpc) is 2.52. The molecule has 0 spiro atoms. The third kappa shape index (κ3) is 2.43. The SMILES string of the molecule is CCNC(COC(C)C)C1C(C)(C)C1(C)C. The van der Waals surface area contributed by atoms with Gasteiger partial charge in [0.15, 0.2) is 0 Å². The third-order valence-corrected chi connectivity index (χ3v) is 4.61. The number of nitrogens with one attached hydrogen (secondary N) is 1. The molecule has 1 rings (SSSR count). The van der Waals surface area contributed by atoms with Crippen LogP contribution in [-0.2, 0) is 4.74 Å². The van der Waals surface area contributed by atoms with Crippen LogP contribution in [0.15, 0.2) is 0 Å². The zero-order valence-electron chi connectivity index (χ0n) is 12.1. The Morgan fingerprint density at radius 1 is 1.12 bits per heavy atom. The molecule has 0 saturated heterocycles. The van der Waals surface area contributed by atoms with Crippen LogP contribution in [0.4, 0.5) is 0 Å². The topological polar surface area (TPSA) is 21.3 Å². The third-order valence-electron chi connectivity index (χ3n) is 4.61. The molecule has 1 saturated carbocycles. The van der Waals surface area contributed by atoms with E-state index in [-0.39, 0.29) is 0 Å². The second kappa shape index (κ2) is 4.66. The summed E-state index contributed by atoms with van der Waals surface area (Å²) in [6.07, 6.45) is 0.325. The molecule has 16 heavy (non-hydrogen) atoms. The fourth-order valence-electron chi connectivity index (χ4n) is 3.08. The van der Waals surface area contributed by atoms with Crippen molar-refractivity contribution in [3.63, 3.8) is 0 Å². The minimum Gasteiger partial charge on any atom is -0.377 e. The van der Waals surface area contributed by atoms with Crippen molar-refractivity contribution < 1.29 is 4.74 Å². The van der Waals surface area contributed by atoms with Gasteiger partial charge in [-0.2, -0.15) is 0 Å². The lowest BCUT2D eigenvalue weighted by atomic mass is 10.0. The lowest BCUT2D eigenvalue weighted by Gasteiger charge is -2.21. The molecule has 0 amide bonds. The van der Waals surface area contributed by atoms with Crippen LogP contribution >= 0.6 is 0 Å². The van der Waals surface area contributed by atoms with Crippen molar-refractivity contribution in [2.24, 2.45) is 16.7 Å². The number of ether oxygens (including phenoxy) is 1. The van der Waals surface area contributed by atoms with Crippen molar-refractivity contribution in [2.75, 3.05) is 13.2 Å². The zero-order chi connectivity index (χ0) is 12.6. The summed E-state index contributed by atoms with van der Waals surface area (Å²) in [5.41, 5.74) is 0.861. The molecule has 96 valence electrons. The lowest BCUT2D eigenvalue weighted by molar-refractivity contribution is 0.0530. The second-order valence-corrected chi connectivity index (χ2v) is 6.47. The Hall–Kier alpha value is -0.0800. The fraction of sp³-hybridized carbons (Fsp3) is 1.00. The van der Waals surface area contributed by atoms with E-state index in [2.05, 4.69) is 53.8 Å². The molecule has 1 N–H and O–H groups in total. The van der Waals surface area contributed by atoms with Gasteiger partial charge in [0.1, 0.15) is 0 Å². The van der Waals surface area contributed by atoms with Gasteiger partial charge >= 0.3 is 0 Å². The molecule has 1 atom stereocenters. The summed E-state index contributed by atoms with van der Waals surface area (Å²) in [4.78, 5) is 0. The number of rotatable bonds is 6. The van der Waals surface area contributed by atoms with E-state index in [0.29, 0.717) is 23.0 Å². The minimum absolute atomic E-state index is 0.325. The molecule has 0 aromatic carbocycles. The van der Waals surface area contributed by atoms with Crippen molar-refractivity contribution in [1.29, 1.82) is 0 Å². The Balaban J connectivity index is 2.59. The summed E-state index contributed by atoms with van der Waals surface area (Å²) in [6, 6.07) is 0.498. The molecule has 2 heteroatoms. The summed E-state index contributed by atoms with van der Waals surface area (Å²) in [5.74, 6) is 0.721. The van der Waals surface area contributed by atoms with E-state index in [1.54, 1.807) is 0 Å². The summed E-state index contributed by atoms with van der Waals surface area (Å²) in [6.45, 7) is 17.7. The minimum atomic E-state index is 0.325. The maximum absolute atomic E-state index is 5.78. The van der Waals surface area contributed by atoms with Crippen molar-refractivity contribution in [1.82, 2.24) is 5.32 Å². The molecule has 2 nitrogen and oxygen atoms in total. The molecule has 0 aromatic rings. The van der Waals surface area contributed by atoms with Crippen molar-refractivity contribution >= 4 is 0 Å². The van der Waals surface area contributed by atoms with E-state index >= 15 is 0 Å². The van der Waals surface area contributed by atoms with Crippen LogP contribution in [0.3, 0.4) is 0 Å². The Kier molecular flexibility index (Phi) is 4.07. The number of likely N-dealkylation sites (N-methyl/N-ethyl adjacent to an activating group) is 1. The average molecular weight is 227 g/mol. The molecule has 0 aromatic heterocycles. The molecule has 0 heterocycles. The predicted octanol–water partition coefficient (Wildman–Crippen LogP) is 3.07. The number of hydrogen-bond donors (Lipinski definition) is 1. The molecular formula is C14H29NO. The van der Waals surface area contributed by atoms with Gasteiger partial charge in [0.2, 0.25) is 0 Å². The Labute approximate surface area is 101 Å². The van der Waals surface area contributed by atoms with Gasteiger partial charge in [-0.15, -0.1) is 0 Å². The fourth-order valence-corrected chi connectivity index (χ4v) is 3.08. The molecule has 0 aliphatic heterocycles. The van der Waals surface area contributed by atoms with Crippen LogP contribution in [0, 0.1) is 16.7 Å². The smallest absolute Gasteiger partial charge is 0.0626 e. The summed E-state index contributed by atoms with van der Waals surface area (Å²) in [7, 11) is 0. The van der Waals surface area contributed by atoms with E-state index in [1.807, 2.05) is 0 Å². The normalized spacial score (nSPS) is 24.8. The number of hydrogen-bond acceptors (Lipinski definition) is 2. The summed E-state index contributed by atoms with van der Waals surface area (Å²) in [5, 5.41) is 3.59. The molecule has 1 aliphatic carbocycles. The quantitative estimate of drug-likeness (QED) is 0.753. The molecular weight excluding hydrogens is 198 g/mol. The van der Waals surface area contributed by atoms with Gasteiger partial charge in [-0.1, -0.05) is 34.6 Å². The largest absolute Gasteiger partial charge is 0.377 e. The Bertz CT molecular complexity index is 219. The van der Waals surface area contributed by atoms with Gasteiger partial charge in [-0.25, -0.2) is 0 Å². The van der Waals surface area contributed by atoms with E-state index in [0.717, 1.165) is 19.1 Å². The zero-order valence-corrected chi connectivity index (χ0v) is 12.1. The van der Waals surface area contributed by atoms with E-state index in [9.17, 15) is 0 Å². The Morgan fingerprint density at radius 2 is 1.62 bits per heavy atom. The highest BCUT2D eigenvalue weighted by molar-refractivity contribution is 5.16. The van der Waals surface area contributed by atoms with Crippen LogP contribution in [0.2, 0.25) is 0 Å². The Morgan fingerprint density at radius 3 is 1.94 bits per heavy atom. The molecule has 1 fully saturated rings. The van der Waals surface area contributed by atoms with Crippen LogP contribution in [-0.4, -0.2) is 25.3 Å². The monoisotopic (exact) mass is 227 g/mol. The first kappa shape index (κ1) is 14.0. The first-order valence-corrected chi connectivity index (χ1v) is 6.60. The van der Waals surface area contributed by atoms with Crippen molar-refractivity contribution in [3.05, 3.63) is 0 Å². The van der Waals surface area contributed by atoms with Crippen LogP contribution < -0.4 is 5.32 Å². The maximum atomic E-state index is 5.78. The molecule has 1 unspecified atom stereocenters. The second-order valence-electron chi connectivity index (χ2n) is 6.47. The van der Waals surface area contributed by atoms with Gasteiger partial charge < -0.3 is 10.1 Å². The van der Waals surface area contributed by atoms with Crippen LogP contribution in [0.5, 0.6) is 0 Å². The summed E-state index contributed by atoms with van der Waals surface area (Å²) < 4.78 is 5.78. The van der Waals surface area contributed by atoms with Crippen molar-refractivity contribution in [2.45, 2.75) is 60.6 Å². The van der Waals surface area contributed by atoms with E-state index < -0.39 is 0 Å². The van der Waals surface area contributed by atoms with Gasteiger partial charge in [0, 0.05) is 6.04 Å². The van der Waals surface area contributed by atoms with Crippen molar-refractivity contribution in [3.8, 4) is 0 Å². The first-order chi connectivity index (χ1) is 7.25. The van der Waals surface area contributed by atoms with Gasteiger partial charge in [-0.3, -0.25) is 0 Å². The van der Waals surface area contributed by atoms with Crippen LogP contribution in [0.1, 0.15) is 48.5 Å². The standard InChI is InChI=1S/C14H29NO/c1-8-15-11(9-16-10(2)3)12-13(4,5)14(12,6)7/h10-12,15H,8-9H2,1-7H3. The summed E-state index contributed by atoms with van der Waals surface area (Å²) >= 11 is 0. The predicted molar refractivity (Wildman–Crippen MR) is 69.6 cm³/mol. The van der Waals surface area contributed by atoms with Crippen LogP contribution in [0.25, 0.3) is 0 Å². The lowest BCUT2D eigenvalue weighted by Crippen LogP contribution is -2.38. The van der Waals surface area contributed by atoms with Gasteiger partial charge in [0.25, 0.3) is 0 Å². The molecule has 0 bridgehead atoms. The molecule has 1 aliphatic rings. The highest BCUT2D eigenvalue weighted by Crippen LogP contribution is 2.69. The van der Waals surface area contributed by atoms with Gasteiger partial charge in [-0.05, 0) is 37.1 Å². The molecule has 0 radical (unpaired) electrons. The highest BCUT2D eigenvalue weighted by atomic mass is 16.5. The highest BCUT2D eigenvalue weighted by Gasteiger charge is 2.66. The van der Waals surface area contributed by atoms with E-state index in [4.69, 9.17) is 4.74 Å².